The minimum atomic E-state index is 0.244. The van der Waals surface area contributed by atoms with Gasteiger partial charge in [0.25, 0.3) is 0 Å². The fourth-order valence-electron chi connectivity index (χ4n) is 8.16. The molecule has 8 aromatic rings. The number of rotatable bonds is 3. The third kappa shape index (κ3) is 3.96. The summed E-state index contributed by atoms with van der Waals surface area (Å²) in [6.07, 6.45) is 7.90. The molecule has 1 heterocycles. The Morgan fingerprint density at radius 1 is 0.511 bits per heavy atom. The summed E-state index contributed by atoms with van der Waals surface area (Å²) in [7, 11) is 0. The Balaban J connectivity index is 1.27. The summed E-state index contributed by atoms with van der Waals surface area (Å²) in [6, 6.07) is 53.1. The molecular weight excluding hydrogens is 569 g/mol. The first-order chi connectivity index (χ1) is 23.3. The van der Waals surface area contributed by atoms with E-state index in [-0.39, 0.29) is 5.92 Å². The molecule has 0 spiro atoms. The van der Waals surface area contributed by atoms with Crippen LogP contribution >= 0.6 is 0 Å². The molecule has 0 aliphatic heterocycles. The smallest absolute Gasteiger partial charge is 0.143 e. The lowest BCUT2D eigenvalue weighted by Gasteiger charge is -2.31. The summed E-state index contributed by atoms with van der Waals surface area (Å²) in [5, 5.41) is 9.87. The largest absolute Gasteiger partial charge is 0.455 e. The van der Waals surface area contributed by atoms with E-state index in [0.717, 1.165) is 23.0 Å². The molecule has 2 aliphatic carbocycles. The van der Waals surface area contributed by atoms with Gasteiger partial charge in [-0.15, -0.1) is 0 Å². The average Bonchev–Trinajstić information content (AvgIpc) is 3.52. The van der Waals surface area contributed by atoms with E-state index in [0.29, 0.717) is 0 Å². The van der Waals surface area contributed by atoms with E-state index in [4.69, 9.17) is 4.42 Å². The molecule has 7 aromatic carbocycles. The highest BCUT2D eigenvalue weighted by Gasteiger charge is 2.30. The number of allylic oxidation sites excluding steroid dienone is 4. The number of benzene rings is 7. The molecule has 2 aliphatic rings. The Hall–Kier alpha value is -5.92. The lowest BCUT2D eigenvalue weighted by Crippen LogP contribution is -2.37. The Bertz CT molecular complexity index is 2760. The molecule has 0 bridgehead atoms. The van der Waals surface area contributed by atoms with Crippen molar-refractivity contribution in [3.05, 3.63) is 191 Å². The van der Waals surface area contributed by atoms with E-state index in [1.165, 1.54) is 76.3 Å². The zero-order chi connectivity index (χ0) is 30.9. The molecule has 1 aromatic heterocycles. The normalized spacial score (nSPS) is 15.7. The van der Waals surface area contributed by atoms with Crippen molar-refractivity contribution in [1.82, 2.24) is 0 Å². The Morgan fingerprint density at radius 2 is 1.23 bits per heavy atom. The first-order valence-corrected chi connectivity index (χ1v) is 16.5. The molecule has 47 heavy (non-hydrogen) atoms. The van der Waals surface area contributed by atoms with E-state index >= 15 is 0 Å². The zero-order valence-corrected chi connectivity index (χ0v) is 25.8. The Kier molecular flexibility index (Phi) is 5.77. The van der Waals surface area contributed by atoms with Crippen LogP contribution in [0.2, 0.25) is 0 Å². The molecule has 0 radical (unpaired) electrons. The van der Waals surface area contributed by atoms with Gasteiger partial charge in [0.15, 0.2) is 0 Å². The van der Waals surface area contributed by atoms with Gasteiger partial charge in [0.1, 0.15) is 11.2 Å². The maximum Gasteiger partial charge on any atom is 0.143 e. The lowest BCUT2D eigenvalue weighted by molar-refractivity contribution is 0.672. The Morgan fingerprint density at radius 3 is 2.11 bits per heavy atom. The summed E-state index contributed by atoms with van der Waals surface area (Å²) in [5.74, 6) is 0.244. The predicted octanol–water partition coefficient (Wildman–Crippen LogP) is 10.5. The highest BCUT2D eigenvalue weighted by atomic mass is 16.3. The fraction of sp³-hybridized carbons (Fsp3) is 0.0435. The second-order valence-electron chi connectivity index (χ2n) is 12.7. The molecule has 0 saturated heterocycles. The van der Waals surface area contributed by atoms with Gasteiger partial charge in [-0.2, -0.15) is 0 Å². The van der Waals surface area contributed by atoms with Crippen LogP contribution in [-0.4, -0.2) is 0 Å². The van der Waals surface area contributed by atoms with Crippen molar-refractivity contribution in [2.75, 3.05) is 0 Å². The van der Waals surface area contributed by atoms with Crippen LogP contribution in [0.25, 0.3) is 65.8 Å². The van der Waals surface area contributed by atoms with Crippen molar-refractivity contribution in [3.8, 4) is 11.1 Å². The van der Waals surface area contributed by atoms with Crippen LogP contribution in [0.4, 0.5) is 0 Å². The van der Waals surface area contributed by atoms with Gasteiger partial charge in [-0.25, -0.2) is 0 Å². The van der Waals surface area contributed by atoms with Crippen molar-refractivity contribution in [2.24, 2.45) is 5.92 Å². The second-order valence-corrected chi connectivity index (χ2v) is 12.7. The molecule has 0 saturated carbocycles. The van der Waals surface area contributed by atoms with Crippen LogP contribution in [0.5, 0.6) is 0 Å². The van der Waals surface area contributed by atoms with Crippen LogP contribution in [-0.2, 0) is 0 Å². The minimum Gasteiger partial charge on any atom is -0.455 e. The predicted molar refractivity (Wildman–Crippen MR) is 197 cm³/mol. The second kappa shape index (κ2) is 10.3. The van der Waals surface area contributed by atoms with Crippen molar-refractivity contribution >= 4 is 54.6 Å². The number of hydrogen-bond donors (Lipinski definition) is 0. The summed E-state index contributed by atoms with van der Waals surface area (Å²) < 4.78 is 6.51. The van der Waals surface area contributed by atoms with Gasteiger partial charge in [0, 0.05) is 22.1 Å². The van der Waals surface area contributed by atoms with E-state index in [1.807, 2.05) is 0 Å². The average molecular weight is 599 g/mol. The number of fused-ring (bicyclic) bond motifs is 8. The maximum atomic E-state index is 6.51. The number of hydrogen-bond acceptors (Lipinski definition) is 1. The summed E-state index contributed by atoms with van der Waals surface area (Å²) in [4.78, 5) is 0. The van der Waals surface area contributed by atoms with Crippen LogP contribution < -0.4 is 10.4 Å². The zero-order valence-electron chi connectivity index (χ0n) is 25.8. The van der Waals surface area contributed by atoms with E-state index in [1.54, 1.807) is 0 Å². The molecule has 1 heteroatoms. The topological polar surface area (TPSA) is 13.1 Å². The SMILES string of the molecule is C1=CCC2C(=C1)C(c1ccc(-c3ccccc3)c3ccccc13)=c1ccccc1=C2c1ccc2oc3c4ccccc4ccc3c2c1. The van der Waals surface area contributed by atoms with Gasteiger partial charge in [-0.1, -0.05) is 146 Å². The van der Waals surface area contributed by atoms with Crippen LogP contribution in [0.15, 0.2) is 174 Å². The van der Waals surface area contributed by atoms with Crippen molar-refractivity contribution in [3.63, 3.8) is 0 Å². The van der Waals surface area contributed by atoms with Gasteiger partial charge in [0.05, 0.1) is 0 Å². The molecule has 1 atom stereocenters. The Labute approximate surface area is 272 Å². The summed E-state index contributed by atoms with van der Waals surface area (Å²) in [6.45, 7) is 0. The first kappa shape index (κ1) is 26.3. The monoisotopic (exact) mass is 598 g/mol. The van der Waals surface area contributed by atoms with Gasteiger partial charge in [-0.05, 0) is 90.2 Å². The molecule has 0 N–H and O–H groups in total. The third-order valence-corrected chi connectivity index (χ3v) is 10.2. The van der Waals surface area contributed by atoms with E-state index in [2.05, 4.69) is 164 Å². The molecule has 1 nitrogen and oxygen atoms in total. The fourth-order valence-corrected chi connectivity index (χ4v) is 8.16. The molecular formula is C46H30O. The highest BCUT2D eigenvalue weighted by molar-refractivity contribution is 6.15. The van der Waals surface area contributed by atoms with Gasteiger partial charge in [-0.3, -0.25) is 0 Å². The van der Waals surface area contributed by atoms with Crippen molar-refractivity contribution in [1.29, 1.82) is 0 Å². The molecule has 0 amide bonds. The van der Waals surface area contributed by atoms with E-state index in [9.17, 15) is 0 Å². The van der Waals surface area contributed by atoms with Gasteiger partial charge >= 0.3 is 0 Å². The standard InChI is InChI=1S/C46H30O/c1-2-12-29(13-3-1)32-25-26-40(35-17-7-6-16-34(32)35)45-38-20-10-8-18-36(38)44(37-19-9-11-21-39(37)45)31-23-27-43-42(28-31)41-24-22-30-14-4-5-15-33(30)46(41)47-43/h1-18,20-28,37H,19H2. The third-order valence-electron chi connectivity index (χ3n) is 10.2. The number of furan rings is 1. The molecule has 1 unspecified atom stereocenters. The van der Waals surface area contributed by atoms with Gasteiger partial charge < -0.3 is 4.42 Å². The first-order valence-electron chi connectivity index (χ1n) is 16.5. The lowest BCUT2D eigenvalue weighted by atomic mass is 9.72. The maximum absolute atomic E-state index is 6.51. The quantitative estimate of drug-likeness (QED) is 0.197. The van der Waals surface area contributed by atoms with Crippen LogP contribution in [0.3, 0.4) is 0 Å². The van der Waals surface area contributed by atoms with Crippen molar-refractivity contribution in [2.45, 2.75) is 6.42 Å². The van der Waals surface area contributed by atoms with Crippen molar-refractivity contribution < 1.29 is 4.42 Å². The molecule has 0 fully saturated rings. The molecule has 10 rings (SSSR count). The van der Waals surface area contributed by atoms with Gasteiger partial charge in [0.2, 0.25) is 0 Å². The van der Waals surface area contributed by atoms with E-state index < -0.39 is 0 Å². The van der Waals surface area contributed by atoms with Crippen LogP contribution in [0, 0.1) is 5.92 Å². The van der Waals surface area contributed by atoms with Crippen LogP contribution in [0.1, 0.15) is 17.5 Å². The summed E-state index contributed by atoms with van der Waals surface area (Å²) in [5.41, 5.74) is 11.1. The minimum absolute atomic E-state index is 0.244. The highest BCUT2D eigenvalue weighted by Crippen LogP contribution is 2.44. The summed E-state index contributed by atoms with van der Waals surface area (Å²) >= 11 is 0. The molecule has 220 valence electrons.